The number of nitrogens with one attached hydrogen (secondary N) is 3. The summed E-state index contributed by atoms with van der Waals surface area (Å²) in [6, 6.07) is 1.54. The van der Waals surface area contributed by atoms with Gasteiger partial charge in [-0.1, -0.05) is 0 Å². The Bertz CT molecular complexity index is 6220. The van der Waals surface area contributed by atoms with Gasteiger partial charge in [-0.3, -0.25) is 74.8 Å². The van der Waals surface area contributed by atoms with Crippen molar-refractivity contribution >= 4 is 110 Å². The number of methoxy groups -OCH3 is 4. The van der Waals surface area contributed by atoms with E-state index in [0.717, 1.165) is 29.0 Å². The molecule has 15 N–H and O–H groups in total. The number of nitrogens with two attached hydrogens (primary N) is 3. The Morgan fingerprint density at radius 1 is 0.423 bits per heavy atom. The molecule has 11 unspecified atom stereocenters. The topological polar surface area (TPSA) is 703 Å². The van der Waals surface area contributed by atoms with Gasteiger partial charge in [0, 0.05) is 106 Å². The molecule has 0 aromatic carbocycles. The zero-order chi connectivity index (χ0) is 99.2. The van der Waals surface area contributed by atoms with Crippen LogP contribution in [0.15, 0.2) is 87.9 Å². The summed E-state index contributed by atoms with van der Waals surface area (Å²) in [6.07, 6.45) is -25.2. The molecule has 6 saturated heterocycles. The lowest BCUT2D eigenvalue weighted by Crippen LogP contribution is -2.42. The van der Waals surface area contributed by atoms with E-state index >= 15 is 4.57 Å². The van der Waals surface area contributed by atoms with Gasteiger partial charge in [0.25, 0.3) is 16.7 Å². The fourth-order valence-corrected chi connectivity index (χ4v) is 22.3. The second-order valence-corrected chi connectivity index (χ2v) is 44.5. The summed E-state index contributed by atoms with van der Waals surface area (Å²) in [4.78, 5) is 190. The zero-order valence-electron chi connectivity index (χ0n) is 74.7. The minimum atomic E-state index is -5.86. The first-order valence-electron chi connectivity index (χ1n) is 41.9. The van der Waals surface area contributed by atoms with Crippen molar-refractivity contribution in [2.45, 2.75) is 189 Å². The average molecular weight is 2110 g/mol. The summed E-state index contributed by atoms with van der Waals surface area (Å²) < 4.78 is 166. The van der Waals surface area contributed by atoms with Gasteiger partial charge < -0.3 is 140 Å². The standard InChI is InChI=1S/C73H105N16O39P5S4/c1-34-23-86(69(94)79-59(34)75)66-56(110-18-14-106-8)52(46(122-66)31-116-131(102,135)125-42-22-49(85-26-37(4)63(92)82-72(85)97)119-43(42)28-114-130(101,134)124-41-21-48(118-39(41)6)84-25-36(3)62(91)81-71(84)96)126-129(99,100)113-30-45-53(57(111-19-15-107-9)68(121-45)88-27-38(5)64(93)83-73(88)98)127-133(104,137)117-32-47-54(58(112-20-16-108-10)67(123-47)87-24-35(2)60(76)80-70(87)95)128-132(103,136)115-29-44-51(90)55(109-17-13-105-7)65(120-44)89-33-78-50-40(74)11-12-77-61(50)89/h11-12,23-27,33,39,41-49,51-58,65-68,90H,13-22,28-32H2,1-10H3,(H2,74,77)(H,99,100)(H,101,134)(H,102,135)(H,103,136)(H,104,137)(H2,75,79,94)(H2,76,80,95)(H,81,91,96)(H,82,92,97)(H,83,93,98)/t39-,41?,42?,43-,44-,45-,46-,47-,48-,49-,51?,52?,53?,54?,55+,56+,57+,58+,65-,66-,67-,68-,130?,131?,132?,133?/m1/s1. The van der Waals surface area contributed by atoms with Crippen LogP contribution in [0.3, 0.4) is 0 Å². The number of aromatic amines is 3. The van der Waals surface area contributed by atoms with Crippen LogP contribution in [0.4, 0.5) is 17.3 Å². The highest BCUT2D eigenvalue weighted by Crippen LogP contribution is 2.57. The Morgan fingerprint density at radius 2 is 0.781 bits per heavy atom. The molecule has 7 aromatic rings. The minimum Gasteiger partial charge on any atom is -0.397 e. The van der Waals surface area contributed by atoms with Gasteiger partial charge in [-0.15, -0.1) is 0 Å². The van der Waals surface area contributed by atoms with Crippen LogP contribution in [-0.4, -0.2) is 304 Å². The van der Waals surface area contributed by atoms with Crippen molar-refractivity contribution in [3.8, 4) is 0 Å². The third-order valence-electron chi connectivity index (χ3n) is 22.4. The van der Waals surface area contributed by atoms with E-state index < -0.39 is 254 Å². The highest BCUT2D eigenvalue weighted by Gasteiger charge is 2.57. The number of aromatic nitrogens is 13. The number of phosphoric acid groups is 1. The van der Waals surface area contributed by atoms with Gasteiger partial charge in [0.15, 0.2) is 30.6 Å². The molecule has 0 radical (unpaired) electrons. The third-order valence-corrected chi connectivity index (χ3v) is 29.7. The first-order valence-corrected chi connectivity index (χ1v) is 53.7. The number of aliphatic hydroxyl groups excluding tert-OH is 1. The number of H-pyrrole nitrogens is 3. The monoisotopic (exact) mass is 2110 g/mol. The van der Waals surface area contributed by atoms with E-state index in [4.69, 9.17) is 176 Å². The van der Waals surface area contributed by atoms with Crippen molar-refractivity contribution in [3.63, 3.8) is 0 Å². The number of aliphatic hydroxyl groups is 1. The van der Waals surface area contributed by atoms with E-state index in [2.05, 4.69) is 34.9 Å². The maximum atomic E-state index is 15.3. The van der Waals surface area contributed by atoms with Gasteiger partial charge in [0.2, 0.25) is 0 Å². The van der Waals surface area contributed by atoms with Gasteiger partial charge in [-0.05, 0) is 94.8 Å². The van der Waals surface area contributed by atoms with Crippen LogP contribution in [0.25, 0.3) is 11.2 Å². The molecule has 760 valence electrons. The number of aryl methyl sites for hydroxylation is 5. The van der Waals surface area contributed by atoms with Crippen molar-refractivity contribution in [3.05, 3.63) is 161 Å². The van der Waals surface area contributed by atoms with Crippen molar-refractivity contribution in [1.82, 2.24) is 62.3 Å². The Labute approximate surface area is 795 Å². The SMILES string of the molecule is COCCO[C@H]1C(OP(=O)(O)OC[C@H]2O[C@@H](n3cc(C)c(=O)[nH]c3=O)[C@@H](OCCOC)C2OP(O)(=S)OC[C@H]2O[C@@H](n3cc(C)c(N)nc3=O)[C@@H](OCCOC)C2OP(O)(=S)OC[C@H]2O[C@@H](n3cnc4c(N)ccnc43)[C@@H](OCCOC)C2O)[C@@H](COP(O)(=S)OC2C[C@H](n3cc(C)c(=O)[nH]c3=O)O[C@@H]2COP(O)(=S)OC2C[C@H](n3cc(C)c(=O)[nH]c3=O)O[C@@H]2C)O[C@H]1n1cc(C)c(N)nc1=O. The molecule has 13 heterocycles. The fourth-order valence-electron chi connectivity index (χ4n) is 15.5. The molecular formula is C73H105N16O39P5S4. The molecule has 0 bridgehead atoms. The normalized spacial score (nSPS) is 29.6. The number of hydrogen-bond donors (Lipinski definition) is 12. The molecule has 0 spiro atoms. The molecule has 27 atom stereocenters. The van der Waals surface area contributed by atoms with Crippen LogP contribution in [-0.2, 0) is 163 Å². The Hall–Kier alpha value is -6.55. The van der Waals surface area contributed by atoms with Crippen molar-refractivity contribution < 1.29 is 146 Å². The number of anilines is 3. The second-order valence-electron chi connectivity index (χ2n) is 31.9. The molecule has 0 saturated carbocycles. The van der Waals surface area contributed by atoms with Crippen LogP contribution in [0.1, 0.15) is 85.0 Å². The van der Waals surface area contributed by atoms with E-state index in [9.17, 15) is 67.9 Å². The molecular weight excluding hydrogens is 2010 g/mol. The number of nitrogen functional groups attached to an aromatic ring is 3. The predicted molar refractivity (Wildman–Crippen MR) is 486 cm³/mol. The number of rotatable bonds is 47. The zero-order valence-corrected chi connectivity index (χ0v) is 82.4. The molecule has 55 nitrogen and oxygen atoms in total. The molecule has 6 aliphatic rings. The number of nitrogens with zero attached hydrogens (tertiary/aromatic N) is 10. The minimum absolute atomic E-state index is 0.0332. The largest absolute Gasteiger partial charge is 0.472 e. The van der Waals surface area contributed by atoms with Crippen LogP contribution in [0.2, 0.25) is 0 Å². The molecule has 6 aliphatic heterocycles. The molecule has 6 fully saturated rings. The molecule has 0 aliphatic carbocycles. The lowest BCUT2D eigenvalue weighted by molar-refractivity contribution is -0.0848. The molecule has 137 heavy (non-hydrogen) atoms. The predicted octanol–water partition coefficient (Wildman–Crippen LogP) is -1.47. The fraction of sp³-hybridized carbons (Fsp3) is 0.644. The highest BCUT2D eigenvalue weighted by atomic mass is 32.5. The summed E-state index contributed by atoms with van der Waals surface area (Å²) in [6.45, 7) is -16.3. The van der Waals surface area contributed by atoms with Gasteiger partial charge in [-0.25, -0.2) is 38.5 Å². The van der Waals surface area contributed by atoms with Crippen molar-refractivity contribution in [1.29, 1.82) is 0 Å². The second kappa shape index (κ2) is 46.0. The van der Waals surface area contributed by atoms with Crippen molar-refractivity contribution in [2.75, 3.05) is 132 Å². The number of fused-ring (bicyclic) bond motifs is 1. The van der Waals surface area contributed by atoms with E-state index in [1.807, 2.05) is 0 Å². The van der Waals surface area contributed by atoms with Gasteiger partial charge in [0.1, 0.15) is 109 Å². The van der Waals surface area contributed by atoms with E-state index in [1.165, 1.54) is 111 Å². The quantitative estimate of drug-likeness (QED) is 0.0153. The molecule has 64 heteroatoms. The maximum absolute atomic E-state index is 15.3. The Balaban J connectivity index is 0.774. The maximum Gasteiger partial charge on any atom is 0.472 e. The number of hydrogen-bond acceptors (Lipinski definition) is 45. The summed E-state index contributed by atoms with van der Waals surface area (Å²) in [5.74, 6) is -0.380. The van der Waals surface area contributed by atoms with Crippen LogP contribution < -0.4 is 62.3 Å². The number of imidazole rings is 1. The van der Waals surface area contributed by atoms with Crippen molar-refractivity contribution in [2.24, 2.45) is 0 Å². The van der Waals surface area contributed by atoms with E-state index in [1.54, 1.807) is 6.92 Å². The third kappa shape index (κ3) is 26.2. The number of phosphoric ester groups is 1. The summed E-state index contributed by atoms with van der Waals surface area (Å²) in [5, 5.41) is 11.9. The highest BCUT2D eigenvalue weighted by molar-refractivity contribution is 8.08. The van der Waals surface area contributed by atoms with Crippen LogP contribution >= 0.6 is 34.7 Å². The van der Waals surface area contributed by atoms with Gasteiger partial charge in [0.05, 0.1) is 116 Å². The molecule has 13 rings (SSSR count). The lowest BCUT2D eigenvalue weighted by atomic mass is 10.1. The van der Waals surface area contributed by atoms with Crippen LogP contribution in [0, 0.1) is 34.6 Å². The summed E-state index contributed by atoms with van der Waals surface area (Å²) in [7, 11) is -0.439. The molecule has 7 aromatic heterocycles. The summed E-state index contributed by atoms with van der Waals surface area (Å²) in [5.41, 5.74) is 12.8. The van der Waals surface area contributed by atoms with Gasteiger partial charge in [-0.2, -0.15) is 9.97 Å². The van der Waals surface area contributed by atoms with E-state index in [-0.39, 0.29) is 110 Å². The van der Waals surface area contributed by atoms with Crippen LogP contribution in [0.5, 0.6) is 0 Å². The Morgan fingerprint density at radius 3 is 1.24 bits per heavy atom. The smallest absolute Gasteiger partial charge is 0.397 e. The first-order chi connectivity index (χ1) is 64.8. The molecule has 0 amide bonds. The first kappa shape index (κ1) is 108. The number of ether oxygens (including phenoxy) is 14. The average Bonchev–Trinajstić information content (AvgIpc) is 1.63. The lowest BCUT2D eigenvalue weighted by Gasteiger charge is -2.30. The summed E-state index contributed by atoms with van der Waals surface area (Å²) >= 11 is 22.6. The van der Waals surface area contributed by atoms with Gasteiger partial charge >= 0.3 is 63.1 Å². The van der Waals surface area contributed by atoms with E-state index in [0.29, 0.717) is 5.52 Å². The Kier molecular flexibility index (Phi) is 36.2. The number of pyridine rings is 1.